The Hall–Kier alpha value is -3.60. The van der Waals surface area contributed by atoms with E-state index in [9.17, 15) is 27.6 Å². The minimum absolute atomic E-state index is 0.0814. The minimum Gasteiger partial charge on any atom is -0.351 e. The van der Waals surface area contributed by atoms with Crippen molar-refractivity contribution in [3.05, 3.63) is 65.5 Å². The lowest BCUT2D eigenvalue weighted by Crippen LogP contribution is -2.64. The van der Waals surface area contributed by atoms with E-state index in [-0.39, 0.29) is 37.4 Å². The van der Waals surface area contributed by atoms with E-state index in [1.54, 1.807) is 0 Å². The van der Waals surface area contributed by atoms with Crippen molar-refractivity contribution in [2.75, 3.05) is 31.5 Å². The number of urea groups is 1. The molecule has 0 saturated carbocycles. The molecule has 32 heavy (non-hydrogen) atoms. The van der Waals surface area contributed by atoms with E-state index >= 15 is 0 Å². The second-order valence-electron chi connectivity index (χ2n) is 7.09. The van der Waals surface area contributed by atoms with Crippen molar-refractivity contribution >= 4 is 23.5 Å². The van der Waals surface area contributed by atoms with E-state index in [2.05, 4.69) is 10.6 Å². The number of hydrogen-bond donors (Lipinski definition) is 3. The fourth-order valence-corrected chi connectivity index (χ4v) is 3.39. The number of carbonyl (C=O) groups is 3. The summed E-state index contributed by atoms with van der Waals surface area (Å²) >= 11 is 0. The number of nitrogens with two attached hydrogens (primary N) is 1. The third-order valence-corrected chi connectivity index (χ3v) is 4.79. The number of rotatable bonds is 5. The summed E-state index contributed by atoms with van der Waals surface area (Å²) in [6.45, 7) is 0.440. The second-order valence-corrected chi connectivity index (χ2v) is 7.09. The third kappa shape index (κ3) is 5.35. The molecule has 1 aliphatic rings. The summed E-state index contributed by atoms with van der Waals surface area (Å²) in [6, 6.07) is 6.65. The molecule has 3 rings (SSSR count). The van der Waals surface area contributed by atoms with Crippen molar-refractivity contribution in [3.8, 4) is 0 Å². The highest BCUT2D eigenvalue weighted by Gasteiger charge is 2.40. The van der Waals surface area contributed by atoms with E-state index in [0.717, 1.165) is 34.1 Å². The number of anilines is 1. The number of carbonyl (C=O) groups excluding carboxylic acids is 3. The highest BCUT2D eigenvalue weighted by molar-refractivity contribution is 6.00. The summed E-state index contributed by atoms with van der Waals surface area (Å²) in [5.74, 6) is -3.86. The van der Waals surface area contributed by atoms with E-state index in [0.29, 0.717) is 12.5 Å². The van der Waals surface area contributed by atoms with Crippen molar-refractivity contribution < 1.29 is 27.6 Å². The Morgan fingerprint density at radius 2 is 1.56 bits per heavy atom. The maximum Gasteiger partial charge on any atom is 0.323 e. The molecule has 1 aliphatic heterocycles. The van der Waals surface area contributed by atoms with Crippen molar-refractivity contribution in [3.63, 3.8) is 0 Å². The Balaban J connectivity index is 1.89. The molecule has 1 fully saturated rings. The molecule has 8 nitrogen and oxygen atoms in total. The van der Waals surface area contributed by atoms with Crippen LogP contribution in [0.3, 0.4) is 0 Å². The van der Waals surface area contributed by atoms with Crippen molar-refractivity contribution in [1.82, 2.24) is 15.1 Å². The number of nitrogens with zero attached hydrogens (tertiary/aromatic N) is 2. The summed E-state index contributed by atoms with van der Waals surface area (Å²) < 4.78 is 40.4. The van der Waals surface area contributed by atoms with Crippen LogP contribution in [0.2, 0.25) is 0 Å². The summed E-state index contributed by atoms with van der Waals surface area (Å²) in [6.07, 6.45) is -1.06. The first-order chi connectivity index (χ1) is 15.3. The number of nitrogens with one attached hydrogen (secondary N) is 2. The molecule has 1 atom stereocenters. The van der Waals surface area contributed by atoms with E-state index in [1.165, 1.54) is 12.1 Å². The van der Waals surface area contributed by atoms with Gasteiger partial charge in [-0.25, -0.2) is 18.0 Å². The van der Waals surface area contributed by atoms with E-state index < -0.39 is 41.5 Å². The van der Waals surface area contributed by atoms with Crippen LogP contribution in [0.5, 0.6) is 0 Å². The maximum absolute atomic E-state index is 13.6. The van der Waals surface area contributed by atoms with Gasteiger partial charge in [-0.1, -0.05) is 0 Å². The zero-order chi connectivity index (χ0) is 23.3. The molecule has 1 saturated heterocycles. The van der Waals surface area contributed by atoms with Gasteiger partial charge in [-0.15, -0.1) is 0 Å². The average molecular weight is 449 g/mol. The fourth-order valence-electron chi connectivity index (χ4n) is 3.39. The molecule has 170 valence electrons. The smallest absolute Gasteiger partial charge is 0.323 e. The fraction of sp³-hybridized carbons (Fsp3) is 0.286. The maximum atomic E-state index is 13.6. The van der Waals surface area contributed by atoms with Gasteiger partial charge in [-0.05, 0) is 42.8 Å². The molecule has 1 unspecified atom stereocenters. The van der Waals surface area contributed by atoms with Crippen LogP contribution in [0.4, 0.5) is 23.7 Å². The van der Waals surface area contributed by atoms with Gasteiger partial charge >= 0.3 is 6.03 Å². The summed E-state index contributed by atoms with van der Waals surface area (Å²) in [5.41, 5.74) is 5.43. The highest BCUT2D eigenvalue weighted by atomic mass is 19.1. The lowest BCUT2D eigenvalue weighted by atomic mass is 10.1. The first-order valence-corrected chi connectivity index (χ1v) is 9.88. The molecule has 11 heteroatoms. The summed E-state index contributed by atoms with van der Waals surface area (Å²) in [5, 5.41) is 5.10. The first-order valence-electron chi connectivity index (χ1n) is 9.88. The van der Waals surface area contributed by atoms with Gasteiger partial charge < -0.3 is 21.3 Å². The Kier molecular flexibility index (Phi) is 7.31. The minimum atomic E-state index is -1.38. The highest BCUT2D eigenvalue weighted by Crippen LogP contribution is 2.21. The van der Waals surface area contributed by atoms with Gasteiger partial charge in [-0.3, -0.25) is 14.5 Å². The van der Waals surface area contributed by atoms with Crippen LogP contribution in [0.1, 0.15) is 16.8 Å². The van der Waals surface area contributed by atoms with Crippen LogP contribution in [0.25, 0.3) is 0 Å². The largest absolute Gasteiger partial charge is 0.351 e. The summed E-state index contributed by atoms with van der Waals surface area (Å²) in [7, 11) is 0. The van der Waals surface area contributed by atoms with Gasteiger partial charge in [0.05, 0.1) is 0 Å². The molecule has 0 radical (unpaired) electrons. The Morgan fingerprint density at radius 3 is 2.19 bits per heavy atom. The van der Waals surface area contributed by atoms with Crippen molar-refractivity contribution in [2.24, 2.45) is 5.73 Å². The molecular formula is C21H22F3N5O3. The van der Waals surface area contributed by atoms with Crippen LogP contribution < -0.4 is 16.4 Å². The third-order valence-electron chi connectivity index (χ3n) is 4.79. The van der Waals surface area contributed by atoms with Crippen LogP contribution in [0, 0.1) is 17.5 Å². The summed E-state index contributed by atoms with van der Waals surface area (Å²) in [4.78, 5) is 41.0. The normalized spacial score (nSPS) is 15.9. The number of amides is 4. The molecule has 1 heterocycles. The lowest BCUT2D eigenvalue weighted by Gasteiger charge is -2.42. The van der Waals surface area contributed by atoms with Crippen LogP contribution in [0.15, 0.2) is 42.5 Å². The van der Waals surface area contributed by atoms with Crippen LogP contribution in [-0.4, -0.2) is 60.0 Å². The zero-order valence-corrected chi connectivity index (χ0v) is 17.0. The molecular weight excluding hydrogens is 427 g/mol. The molecule has 0 aliphatic carbocycles. The van der Waals surface area contributed by atoms with Gasteiger partial charge in [-0.2, -0.15) is 0 Å². The Morgan fingerprint density at radius 1 is 0.938 bits per heavy atom. The van der Waals surface area contributed by atoms with Crippen LogP contribution >= 0.6 is 0 Å². The van der Waals surface area contributed by atoms with E-state index in [1.807, 2.05) is 0 Å². The van der Waals surface area contributed by atoms with Gasteiger partial charge in [0.25, 0.3) is 11.8 Å². The molecule has 0 spiro atoms. The zero-order valence-electron chi connectivity index (χ0n) is 17.0. The van der Waals surface area contributed by atoms with Crippen molar-refractivity contribution in [2.45, 2.75) is 12.6 Å². The predicted octanol–water partition coefficient (Wildman–Crippen LogP) is 1.88. The van der Waals surface area contributed by atoms with E-state index in [4.69, 9.17) is 5.73 Å². The molecule has 4 amide bonds. The number of benzene rings is 2. The molecule has 0 bridgehead atoms. The van der Waals surface area contributed by atoms with Gasteiger partial charge in [0.1, 0.15) is 17.5 Å². The Labute approximate surface area is 182 Å². The topological polar surface area (TPSA) is 108 Å². The number of halogens is 3. The van der Waals surface area contributed by atoms with Crippen LogP contribution in [-0.2, 0) is 4.79 Å². The Bertz CT molecular complexity index is 982. The SMILES string of the molecule is NCCNC(=O)C1N(C(=O)Nc2ccc(F)cc2)CCCN1C(=O)c1cc(F)cc(F)c1. The second kappa shape index (κ2) is 10.1. The molecule has 0 aromatic heterocycles. The quantitative estimate of drug-likeness (QED) is 0.648. The monoisotopic (exact) mass is 449 g/mol. The first kappa shape index (κ1) is 23.1. The number of hydrogen-bond acceptors (Lipinski definition) is 4. The van der Waals surface area contributed by atoms with Crippen molar-refractivity contribution in [1.29, 1.82) is 0 Å². The van der Waals surface area contributed by atoms with Gasteiger partial charge in [0.15, 0.2) is 6.17 Å². The molecule has 2 aromatic carbocycles. The van der Waals surface area contributed by atoms with Gasteiger partial charge in [0, 0.05) is 43.5 Å². The standard InChI is InChI=1S/C21H22F3N5O3/c22-14-2-4-17(5-3-14)27-21(32)29-9-1-8-28(19(29)18(30)26-7-6-25)20(31)13-10-15(23)12-16(24)11-13/h2-5,10-12,19H,1,6-9,25H2,(H,26,30)(H,27,32). The predicted molar refractivity (Wildman–Crippen MR) is 110 cm³/mol. The average Bonchev–Trinajstić information content (AvgIpc) is 2.77. The molecule has 4 N–H and O–H groups in total. The molecule has 2 aromatic rings. The lowest BCUT2D eigenvalue weighted by molar-refractivity contribution is -0.132. The van der Waals surface area contributed by atoms with Gasteiger partial charge in [0.2, 0.25) is 0 Å².